The molecule has 1 unspecified atom stereocenters. The van der Waals surface area contributed by atoms with Crippen LogP contribution in [0.3, 0.4) is 0 Å². The van der Waals surface area contributed by atoms with E-state index in [0.717, 1.165) is 5.56 Å². The Morgan fingerprint density at radius 3 is 2.75 bits per heavy atom. The first-order valence-corrected chi connectivity index (χ1v) is 7.92. The van der Waals surface area contributed by atoms with E-state index < -0.39 is 11.5 Å². The Balaban J connectivity index is 1.63. The van der Waals surface area contributed by atoms with Gasteiger partial charge in [0.05, 0.1) is 0 Å². The average molecular weight is 329 g/mol. The molecule has 2 heterocycles. The minimum atomic E-state index is -1.11. The maximum absolute atomic E-state index is 12.4. The lowest BCUT2D eigenvalue weighted by Gasteiger charge is -2.31. The van der Waals surface area contributed by atoms with Crippen LogP contribution in [0.2, 0.25) is 0 Å². The summed E-state index contributed by atoms with van der Waals surface area (Å²) in [5.41, 5.74) is -0.290. The zero-order valence-corrected chi connectivity index (χ0v) is 13.4. The van der Waals surface area contributed by atoms with Gasteiger partial charge in [-0.3, -0.25) is 4.79 Å². The molecule has 0 aliphatic carbocycles. The molecule has 1 saturated heterocycles. The molecule has 1 aliphatic heterocycles. The predicted octanol–water partition coefficient (Wildman–Crippen LogP) is 2.13. The highest BCUT2D eigenvalue weighted by Crippen LogP contribution is 2.30. The molecule has 7 heteroatoms. The molecule has 126 valence electrons. The van der Waals surface area contributed by atoms with Crippen molar-refractivity contribution in [3.05, 3.63) is 36.2 Å². The molecule has 1 amide bonds. The first-order valence-electron chi connectivity index (χ1n) is 7.92. The number of carbonyl (C=O) groups excluding carboxylic acids is 1. The summed E-state index contributed by atoms with van der Waals surface area (Å²) >= 11 is 0. The fourth-order valence-electron chi connectivity index (χ4n) is 2.99. The van der Waals surface area contributed by atoms with Gasteiger partial charge in [-0.2, -0.15) is 0 Å². The normalized spacial score (nSPS) is 20.3. The predicted molar refractivity (Wildman–Crippen MR) is 85.0 cm³/mol. The maximum atomic E-state index is 12.4. The van der Waals surface area contributed by atoms with Gasteiger partial charge in [0.15, 0.2) is 0 Å². The zero-order chi connectivity index (χ0) is 17.2. The van der Waals surface area contributed by atoms with Gasteiger partial charge in [-0.1, -0.05) is 18.2 Å². The van der Waals surface area contributed by atoms with Gasteiger partial charge in [0.25, 0.3) is 0 Å². The molecule has 0 radical (unpaired) electrons. The Hall–Kier alpha value is -2.70. The number of carboxylic acid groups (broad SMARTS) is 1. The highest BCUT2D eigenvalue weighted by atomic mass is 16.4. The van der Waals surface area contributed by atoms with E-state index in [0.29, 0.717) is 37.6 Å². The van der Waals surface area contributed by atoms with Crippen LogP contribution in [0.25, 0.3) is 11.5 Å². The number of benzene rings is 1. The first kappa shape index (κ1) is 16.2. The number of aryl methyl sites for hydroxylation is 1. The van der Waals surface area contributed by atoms with Crippen LogP contribution in [-0.4, -0.2) is 44.2 Å². The number of hydrogen-bond donors (Lipinski definition) is 1. The Labute approximate surface area is 139 Å². The lowest BCUT2D eigenvalue weighted by Crippen LogP contribution is -2.50. The van der Waals surface area contributed by atoms with Crippen LogP contribution in [0.4, 0.5) is 0 Å². The smallest absolute Gasteiger partial charge is 0.329 e. The summed E-state index contributed by atoms with van der Waals surface area (Å²) in [6.45, 7) is 2.07. The first-order chi connectivity index (χ1) is 11.5. The van der Waals surface area contributed by atoms with Gasteiger partial charge in [0.1, 0.15) is 5.54 Å². The van der Waals surface area contributed by atoms with E-state index in [1.54, 1.807) is 6.92 Å². The van der Waals surface area contributed by atoms with E-state index >= 15 is 0 Å². The molecule has 0 spiro atoms. The standard InChI is InChI=1S/C17H19N3O4/c1-17(16(22)23)10-5-11-20(17)14(21)9-8-13-18-19-15(24-13)12-6-3-2-4-7-12/h2-4,6-7H,5,8-11H2,1H3,(H,22,23). The van der Waals surface area contributed by atoms with Gasteiger partial charge in [-0.15, -0.1) is 10.2 Å². The van der Waals surface area contributed by atoms with Crippen molar-refractivity contribution in [1.82, 2.24) is 15.1 Å². The third-order valence-corrected chi connectivity index (χ3v) is 4.44. The summed E-state index contributed by atoms with van der Waals surface area (Å²) in [6, 6.07) is 9.39. The minimum absolute atomic E-state index is 0.152. The SMILES string of the molecule is CC1(C(=O)O)CCCN1C(=O)CCc1nnc(-c2ccccc2)o1. The third kappa shape index (κ3) is 3.02. The maximum Gasteiger partial charge on any atom is 0.329 e. The average Bonchev–Trinajstić information content (AvgIpc) is 3.21. The second kappa shape index (κ2) is 6.43. The summed E-state index contributed by atoms with van der Waals surface area (Å²) in [6.07, 6.45) is 1.63. The third-order valence-electron chi connectivity index (χ3n) is 4.44. The van der Waals surface area contributed by atoms with Crippen LogP contribution in [-0.2, 0) is 16.0 Å². The molecule has 1 fully saturated rings. The number of hydrogen-bond acceptors (Lipinski definition) is 5. The lowest BCUT2D eigenvalue weighted by molar-refractivity contribution is -0.155. The molecule has 24 heavy (non-hydrogen) atoms. The van der Waals surface area contributed by atoms with Crippen molar-refractivity contribution in [3.8, 4) is 11.5 Å². The van der Waals surface area contributed by atoms with Crippen molar-refractivity contribution in [2.75, 3.05) is 6.54 Å². The molecule has 1 aromatic carbocycles. The highest BCUT2D eigenvalue weighted by Gasteiger charge is 2.45. The molecular weight excluding hydrogens is 310 g/mol. The number of likely N-dealkylation sites (tertiary alicyclic amines) is 1. The molecule has 0 saturated carbocycles. The minimum Gasteiger partial charge on any atom is -0.480 e. The van der Waals surface area contributed by atoms with Gasteiger partial charge in [-0.25, -0.2) is 4.79 Å². The molecule has 1 aromatic heterocycles. The quantitative estimate of drug-likeness (QED) is 0.902. The second-order valence-electron chi connectivity index (χ2n) is 6.09. The second-order valence-corrected chi connectivity index (χ2v) is 6.09. The number of carbonyl (C=O) groups is 2. The van der Waals surface area contributed by atoms with Crippen molar-refractivity contribution >= 4 is 11.9 Å². The summed E-state index contributed by atoms with van der Waals surface area (Å²) in [5, 5.41) is 17.3. The van der Waals surface area contributed by atoms with Gasteiger partial charge in [0.2, 0.25) is 17.7 Å². The molecule has 1 atom stereocenters. The molecule has 3 rings (SSSR count). The van der Waals surface area contributed by atoms with Crippen molar-refractivity contribution in [1.29, 1.82) is 0 Å². The van der Waals surface area contributed by atoms with Crippen LogP contribution >= 0.6 is 0 Å². The Kier molecular flexibility index (Phi) is 4.33. The van der Waals surface area contributed by atoms with Gasteiger partial charge in [0, 0.05) is 24.9 Å². The summed E-state index contributed by atoms with van der Waals surface area (Å²) in [4.78, 5) is 25.3. The zero-order valence-electron chi connectivity index (χ0n) is 13.4. The van der Waals surface area contributed by atoms with Crippen molar-refractivity contribution in [2.45, 2.75) is 38.1 Å². The fraction of sp³-hybridized carbons (Fsp3) is 0.412. The van der Waals surface area contributed by atoms with E-state index in [1.807, 2.05) is 30.3 Å². The molecule has 7 nitrogen and oxygen atoms in total. The number of rotatable bonds is 5. The molecule has 1 N–H and O–H groups in total. The van der Waals surface area contributed by atoms with Gasteiger partial charge < -0.3 is 14.4 Å². The van der Waals surface area contributed by atoms with Crippen LogP contribution in [0.15, 0.2) is 34.7 Å². The Morgan fingerprint density at radius 1 is 1.29 bits per heavy atom. The van der Waals surface area contributed by atoms with Crippen LogP contribution in [0.1, 0.15) is 32.1 Å². The van der Waals surface area contributed by atoms with Gasteiger partial charge in [-0.05, 0) is 31.9 Å². The largest absolute Gasteiger partial charge is 0.480 e. The van der Waals surface area contributed by atoms with E-state index in [9.17, 15) is 14.7 Å². The monoisotopic (exact) mass is 329 g/mol. The van der Waals surface area contributed by atoms with Crippen LogP contribution in [0.5, 0.6) is 0 Å². The van der Waals surface area contributed by atoms with Crippen LogP contribution < -0.4 is 0 Å². The van der Waals surface area contributed by atoms with Crippen LogP contribution in [0, 0.1) is 0 Å². The summed E-state index contributed by atoms with van der Waals surface area (Å²) in [5.74, 6) is -0.373. The van der Waals surface area contributed by atoms with Crippen molar-refractivity contribution in [3.63, 3.8) is 0 Å². The molecule has 2 aromatic rings. The number of amides is 1. The van der Waals surface area contributed by atoms with Crippen molar-refractivity contribution in [2.24, 2.45) is 0 Å². The number of aromatic nitrogens is 2. The molecule has 0 bridgehead atoms. The van der Waals surface area contributed by atoms with E-state index in [2.05, 4.69) is 10.2 Å². The lowest BCUT2D eigenvalue weighted by atomic mass is 9.99. The van der Waals surface area contributed by atoms with Crippen molar-refractivity contribution < 1.29 is 19.1 Å². The number of aliphatic carboxylic acids is 1. The van der Waals surface area contributed by atoms with Gasteiger partial charge >= 0.3 is 5.97 Å². The van der Waals surface area contributed by atoms with E-state index in [1.165, 1.54) is 4.90 Å². The van der Waals surface area contributed by atoms with E-state index in [-0.39, 0.29) is 12.3 Å². The number of carboxylic acids is 1. The highest BCUT2D eigenvalue weighted by molar-refractivity contribution is 5.87. The number of nitrogens with zero attached hydrogens (tertiary/aromatic N) is 3. The molecule has 1 aliphatic rings. The Bertz CT molecular complexity index is 743. The Morgan fingerprint density at radius 2 is 2.04 bits per heavy atom. The summed E-state index contributed by atoms with van der Waals surface area (Å²) < 4.78 is 5.57. The summed E-state index contributed by atoms with van der Waals surface area (Å²) in [7, 11) is 0. The topological polar surface area (TPSA) is 96.5 Å². The molecular formula is C17H19N3O4. The fourth-order valence-corrected chi connectivity index (χ4v) is 2.99. The van der Waals surface area contributed by atoms with E-state index in [4.69, 9.17) is 4.42 Å².